The maximum absolute atomic E-state index is 12.9. The molecule has 2 aliphatic heterocycles. The van der Waals surface area contributed by atoms with Crippen LogP contribution in [0.1, 0.15) is 32.4 Å². The average molecular weight is 366 g/mol. The van der Waals surface area contributed by atoms with Crippen LogP contribution in [-0.4, -0.2) is 58.6 Å². The van der Waals surface area contributed by atoms with E-state index in [9.17, 15) is 14.4 Å². The van der Waals surface area contributed by atoms with Crippen LogP contribution < -0.4 is 10.6 Å². The molecule has 3 rings (SSSR count). The molecule has 136 valence electrons. The van der Waals surface area contributed by atoms with Gasteiger partial charge in [0.05, 0.1) is 11.2 Å². The van der Waals surface area contributed by atoms with Crippen molar-refractivity contribution in [1.82, 2.24) is 20.5 Å². The van der Waals surface area contributed by atoms with E-state index in [0.29, 0.717) is 13.0 Å². The number of nitrogens with zero attached hydrogens (tertiary/aromatic N) is 2. The van der Waals surface area contributed by atoms with Crippen LogP contribution in [0.25, 0.3) is 0 Å². The second-order valence-corrected chi connectivity index (χ2v) is 7.22. The van der Waals surface area contributed by atoms with E-state index in [1.807, 2.05) is 17.2 Å². The molecule has 2 unspecified atom stereocenters. The number of thiazole rings is 1. The van der Waals surface area contributed by atoms with E-state index in [4.69, 9.17) is 4.74 Å². The predicted molar refractivity (Wildman–Crippen MR) is 91.0 cm³/mol. The van der Waals surface area contributed by atoms with Gasteiger partial charge in [0.25, 0.3) is 0 Å². The van der Waals surface area contributed by atoms with Crippen LogP contribution in [0.5, 0.6) is 0 Å². The van der Waals surface area contributed by atoms with Gasteiger partial charge in [0, 0.05) is 24.4 Å². The van der Waals surface area contributed by atoms with Crippen molar-refractivity contribution in [1.29, 1.82) is 0 Å². The van der Waals surface area contributed by atoms with E-state index in [2.05, 4.69) is 15.6 Å². The molecule has 0 saturated carbocycles. The Hall–Kier alpha value is -2.16. The molecule has 2 saturated heterocycles. The number of likely N-dealkylation sites (tertiary alicyclic amines) is 1. The van der Waals surface area contributed by atoms with Gasteiger partial charge in [-0.2, -0.15) is 0 Å². The van der Waals surface area contributed by atoms with Crippen LogP contribution in [0.2, 0.25) is 0 Å². The topological polar surface area (TPSA) is 101 Å². The van der Waals surface area contributed by atoms with E-state index in [1.54, 1.807) is 12.4 Å². The number of cyclic esters (lactones) is 1. The lowest BCUT2D eigenvalue weighted by Crippen LogP contribution is -2.55. The van der Waals surface area contributed by atoms with E-state index < -0.39 is 30.2 Å². The van der Waals surface area contributed by atoms with E-state index >= 15 is 0 Å². The van der Waals surface area contributed by atoms with Crippen molar-refractivity contribution in [2.75, 3.05) is 6.54 Å². The normalized spacial score (nSPS) is 26.9. The van der Waals surface area contributed by atoms with Gasteiger partial charge in [0.2, 0.25) is 11.8 Å². The summed E-state index contributed by atoms with van der Waals surface area (Å²) in [5, 5.41) is 7.12. The fraction of sp³-hybridized carbons (Fsp3) is 0.625. The lowest BCUT2D eigenvalue weighted by Gasteiger charge is -2.28. The molecule has 1 aromatic heterocycles. The van der Waals surface area contributed by atoms with E-state index in [0.717, 1.165) is 18.5 Å². The predicted octanol–water partition coefficient (Wildman–Crippen LogP) is 0.678. The molecule has 0 aromatic carbocycles. The highest BCUT2D eigenvalue weighted by Gasteiger charge is 2.39. The summed E-state index contributed by atoms with van der Waals surface area (Å²) >= 11 is 1.45. The molecule has 9 heteroatoms. The number of amides is 3. The lowest BCUT2D eigenvalue weighted by molar-refractivity contribution is -0.137. The lowest BCUT2D eigenvalue weighted by atomic mass is 10.1. The van der Waals surface area contributed by atoms with Gasteiger partial charge in [0.1, 0.15) is 18.2 Å². The van der Waals surface area contributed by atoms with Crippen LogP contribution in [0, 0.1) is 0 Å². The Labute approximate surface area is 149 Å². The minimum Gasteiger partial charge on any atom is -0.444 e. The summed E-state index contributed by atoms with van der Waals surface area (Å²) in [6.45, 7) is 4.35. The summed E-state index contributed by atoms with van der Waals surface area (Å²) in [6.07, 6.45) is 1.06. The van der Waals surface area contributed by atoms with Gasteiger partial charge in [-0.1, -0.05) is 0 Å². The maximum Gasteiger partial charge on any atom is 0.408 e. The number of alkyl carbamates (subject to hydrolysis) is 1. The first-order valence-electron chi connectivity index (χ1n) is 8.40. The number of ether oxygens (including phenoxy) is 1. The Morgan fingerprint density at radius 3 is 2.88 bits per heavy atom. The second kappa shape index (κ2) is 7.38. The molecule has 3 heterocycles. The molecule has 1 aromatic rings. The van der Waals surface area contributed by atoms with Crippen molar-refractivity contribution in [3.05, 3.63) is 16.6 Å². The Balaban J connectivity index is 1.72. The fourth-order valence-corrected chi connectivity index (χ4v) is 3.84. The third-order valence-corrected chi connectivity index (χ3v) is 5.30. The number of aromatic nitrogens is 1. The molecule has 0 bridgehead atoms. The second-order valence-electron chi connectivity index (χ2n) is 6.50. The summed E-state index contributed by atoms with van der Waals surface area (Å²) in [5.74, 6) is -0.525. The summed E-state index contributed by atoms with van der Waals surface area (Å²) in [7, 11) is 0. The highest BCUT2D eigenvalue weighted by molar-refractivity contribution is 7.07. The van der Waals surface area contributed by atoms with E-state index in [1.165, 1.54) is 11.3 Å². The minimum atomic E-state index is -0.797. The molecule has 0 aliphatic carbocycles. The Morgan fingerprint density at radius 2 is 2.32 bits per heavy atom. The molecular weight excluding hydrogens is 344 g/mol. The van der Waals surface area contributed by atoms with Crippen molar-refractivity contribution in [2.45, 2.75) is 57.3 Å². The quantitative estimate of drug-likeness (QED) is 0.798. The van der Waals surface area contributed by atoms with Crippen molar-refractivity contribution >= 4 is 29.2 Å². The third-order valence-electron chi connectivity index (χ3n) is 4.67. The molecule has 25 heavy (non-hydrogen) atoms. The number of nitrogens with one attached hydrogen (secondary N) is 2. The van der Waals surface area contributed by atoms with Gasteiger partial charge >= 0.3 is 6.09 Å². The van der Waals surface area contributed by atoms with Crippen LogP contribution in [-0.2, 0) is 20.7 Å². The third kappa shape index (κ3) is 3.92. The number of rotatable bonds is 5. The molecule has 8 nitrogen and oxygen atoms in total. The minimum absolute atomic E-state index is 0.107. The van der Waals surface area contributed by atoms with Gasteiger partial charge in [-0.3, -0.25) is 9.59 Å². The molecule has 0 spiro atoms. The maximum atomic E-state index is 12.9. The highest BCUT2D eigenvalue weighted by atomic mass is 32.1. The average Bonchev–Trinajstić information content (AvgIpc) is 3.28. The fourth-order valence-electron chi connectivity index (χ4n) is 3.26. The summed E-state index contributed by atoms with van der Waals surface area (Å²) in [4.78, 5) is 42.8. The van der Waals surface area contributed by atoms with Crippen LogP contribution >= 0.6 is 11.3 Å². The Bertz CT molecular complexity index is 651. The molecular formula is C16H22N4O4S. The first-order valence-corrected chi connectivity index (χ1v) is 9.35. The first kappa shape index (κ1) is 17.7. The summed E-state index contributed by atoms with van der Waals surface area (Å²) in [6, 6.07) is -1.34. The van der Waals surface area contributed by atoms with Crippen LogP contribution in [0.15, 0.2) is 10.9 Å². The zero-order valence-electron chi connectivity index (χ0n) is 14.2. The SMILES string of the molecule is CC1CCCN1C(=O)[C@H](Cc1cscn1)NC(=O)C1NC(=O)O[C@H]1C. The van der Waals surface area contributed by atoms with Gasteiger partial charge in [0.15, 0.2) is 0 Å². The number of carbonyl (C=O) groups is 3. The zero-order chi connectivity index (χ0) is 18.0. The Kier molecular flexibility index (Phi) is 5.22. The van der Waals surface area contributed by atoms with E-state index in [-0.39, 0.29) is 11.9 Å². The Morgan fingerprint density at radius 1 is 1.52 bits per heavy atom. The number of carbonyl (C=O) groups excluding carboxylic acids is 3. The summed E-state index contributed by atoms with van der Waals surface area (Å²) in [5.41, 5.74) is 2.46. The highest BCUT2D eigenvalue weighted by Crippen LogP contribution is 2.19. The summed E-state index contributed by atoms with van der Waals surface area (Å²) < 4.78 is 4.94. The monoisotopic (exact) mass is 366 g/mol. The first-order chi connectivity index (χ1) is 12.0. The number of hydrogen-bond donors (Lipinski definition) is 2. The van der Waals surface area contributed by atoms with Crippen LogP contribution in [0.4, 0.5) is 4.79 Å². The van der Waals surface area contributed by atoms with Crippen LogP contribution in [0.3, 0.4) is 0 Å². The van der Waals surface area contributed by atoms with Gasteiger partial charge in [-0.25, -0.2) is 9.78 Å². The molecule has 3 amide bonds. The number of hydrogen-bond acceptors (Lipinski definition) is 6. The van der Waals surface area contributed by atoms with Gasteiger partial charge in [-0.05, 0) is 26.7 Å². The smallest absolute Gasteiger partial charge is 0.408 e. The molecule has 4 atom stereocenters. The van der Waals surface area contributed by atoms with Crippen molar-refractivity contribution in [3.8, 4) is 0 Å². The van der Waals surface area contributed by atoms with Crippen molar-refractivity contribution in [3.63, 3.8) is 0 Å². The van der Waals surface area contributed by atoms with Crippen molar-refractivity contribution < 1.29 is 19.1 Å². The van der Waals surface area contributed by atoms with Gasteiger partial charge in [-0.15, -0.1) is 11.3 Å². The standard InChI is InChI=1S/C16H22N4O4S/c1-9-4-3-5-20(9)15(22)12(6-11-7-25-8-17-11)18-14(21)13-10(2)24-16(23)19-13/h7-10,12-13H,3-6H2,1-2H3,(H,18,21)(H,19,23)/t9?,10-,12-,13?/m0/s1. The molecule has 2 aliphatic rings. The van der Waals surface area contributed by atoms with Gasteiger partial charge < -0.3 is 20.3 Å². The largest absolute Gasteiger partial charge is 0.444 e. The zero-order valence-corrected chi connectivity index (χ0v) is 15.0. The molecule has 0 radical (unpaired) electrons. The molecule has 2 N–H and O–H groups in total. The van der Waals surface area contributed by atoms with Crippen molar-refractivity contribution in [2.24, 2.45) is 0 Å². The molecule has 2 fully saturated rings.